The number of carbonyl (C=O) groups excluding carboxylic acids is 2. The Bertz CT molecular complexity index is 920. The average molecular weight is 465 g/mol. The van der Waals surface area contributed by atoms with E-state index in [1.807, 2.05) is 32.9 Å². The van der Waals surface area contributed by atoms with Crippen LogP contribution in [0.4, 0.5) is 0 Å². The second kappa shape index (κ2) is 10.3. The van der Waals surface area contributed by atoms with Crippen LogP contribution in [0.25, 0.3) is 0 Å². The maximum Gasteiger partial charge on any atom is 0.309 e. The van der Waals surface area contributed by atoms with Gasteiger partial charge >= 0.3 is 5.97 Å². The summed E-state index contributed by atoms with van der Waals surface area (Å²) in [5.74, 6) is -0.361. The molecule has 2 aliphatic rings. The van der Waals surface area contributed by atoms with Crippen LogP contribution >= 0.6 is 0 Å². The number of sulfonamides is 1. The first-order valence-electron chi connectivity index (χ1n) is 11.6. The molecule has 1 saturated carbocycles. The standard InChI is InChI=1S/C24H36N2O5S/c1-16-5-7-21(8-6-16)25-22(27)15-31-24(28)20-9-11-26(12-10-20)32(29,30)23-18(3)13-17(2)14-19(23)4/h13-14,16,20-21H,5-12,15H2,1-4H3,(H,25,27). The number of esters is 1. The van der Waals surface area contributed by atoms with Crippen molar-refractivity contribution in [2.24, 2.45) is 11.8 Å². The maximum absolute atomic E-state index is 13.2. The van der Waals surface area contributed by atoms with Gasteiger partial charge < -0.3 is 10.1 Å². The molecule has 8 heteroatoms. The summed E-state index contributed by atoms with van der Waals surface area (Å²) in [5, 5.41) is 2.95. The Labute approximate surface area is 191 Å². The second-order valence-corrected chi connectivity index (χ2v) is 11.4. The van der Waals surface area contributed by atoms with E-state index in [0.29, 0.717) is 23.7 Å². The summed E-state index contributed by atoms with van der Waals surface area (Å²) < 4.78 is 33.1. The summed E-state index contributed by atoms with van der Waals surface area (Å²) in [5.41, 5.74) is 2.51. The van der Waals surface area contributed by atoms with Gasteiger partial charge in [0, 0.05) is 19.1 Å². The molecule has 1 aromatic carbocycles. The normalized spacial score (nSPS) is 23.0. The molecular formula is C24H36N2O5S. The molecule has 1 aromatic rings. The van der Waals surface area contributed by atoms with Gasteiger partial charge in [-0.15, -0.1) is 0 Å². The number of hydrogen-bond donors (Lipinski definition) is 1. The van der Waals surface area contributed by atoms with Crippen LogP contribution in [0.15, 0.2) is 17.0 Å². The second-order valence-electron chi connectivity index (χ2n) is 9.54. The average Bonchev–Trinajstić information content (AvgIpc) is 2.73. The lowest BCUT2D eigenvalue weighted by molar-refractivity contribution is -0.153. The fourth-order valence-corrected chi connectivity index (χ4v) is 6.84. The number of nitrogens with zero attached hydrogens (tertiary/aromatic N) is 1. The molecule has 0 aromatic heterocycles. The van der Waals surface area contributed by atoms with Crippen LogP contribution < -0.4 is 5.32 Å². The van der Waals surface area contributed by atoms with Crippen molar-refractivity contribution in [3.05, 3.63) is 28.8 Å². The number of benzene rings is 1. The zero-order valence-electron chi connectivity index (χ0n) is 19.6. The van der Waals surface area contributed by atoms with Gasteiger partial charge in [0.25, 0.3) is 5.91 Å². The number of carbonyl (C=O) groups is 2. The molecule has 1 heterocycles. The van der Waals surface area contributed by atoms with Crippen molar-refractivity contribution in [3.63, 3.8) is 0 Å². The molecule has 7 nitrogen and oxygen atoms in total. The highest BCUT2D eigenvalue weighted by Crippen LogP contribution is 2.29. The van der Waals surface area contributed by atoms with E-state index >= 15 is 0 Å². The van der Waals surface area contributed by atoms with Crippen molar-refractivity contribution in [1.82, 2.24) is 9.62 Å². The Morgan fingerprint density at radius 2 is 1.56 bits per heavy atom. The lowest BCUT2D eigenvalue weighted by atomic mass is 9.87. The Hall–Kier alpha value is -1.93. The molecule has 32 heavy (non-hydrogen) atoms. The molecular weight excluding hydrogens is 428 g/mol. The third-order valence-corrected chi connectivity index (χ3v) is 8.92. The van der Waals surface area contributed by atoms with E-state index in [4.69, 9.17) is 4.74 Å². The maximum atomic E-state index is 13.2. The van der Waals surface area contributed by atoms with E-state index in [2.05, 4.69) is 12.2 Å². The summed E-state index contributed by atoms with van der Waals surface area (Å²) >= 11 is 0. The first kappa shape index (κ1) is 24.7. The number of aryl methyl sites for hydroxylation is 3. The van der Waals surface area contributed by atoms with Gasteiger partial charge in [0.1, 0.15) is 0 Å². The predicted molar refractivity (Wildman–Crippen MR) is 123 cm³/mol. The Morgan fingerprint density at radius 1 is 1.00 bits per heavy atom. The molecule has 1 saturated heterocycles. The summed E-state index contributed by atoms with van der Waals surface area (Å²) in [6.07, 6.45) is 4.93. The van der Waals surface area contributed by atoms with Crippen molar-refractivity contribution in [1.29, 1.82) is 0 Å². The number of ether oxygens (including phenoxy) is 1. The van der Waals surface area contributed by atoms with E-state index in [9.17, 15) is 18.0 Å². The van der Waals surface area contributed by atoms with Gasteiger partial charge in [0.2, 0.25) is 10.0 Å². The predicted octanol–water partition coefficient (Wildman–Crippen LogP) is 3.25. The SMILES string of the molecule is Cc1cc(C)c(S(=O)(=O)N2CCC(C(=O)OCC(=O)NC3CCC(C)CC3)CC2)c(C)c1. The molecule has 0 spiro atoms. The molecule has 1 N–H and O–H groups in total. The number of nitrogens with one attached hydrogen (secondary N) is 1. The lowest BCUT2D eigenvalue weighted by Gasteiger charge is -2.31. The zero-order valence-corrected chi connectivity index (χ0v) is 20.5. The molecule has 0 atom stereocenters. The summed E-state index contributed by atoms with van der Waals surface area (Å²) in [4.78, 5) is 24.9. The van der Waals surface area contributed by atoms with Crippen molar-refractivity contribution < 1.29 is 22.7 Å². The summed E-state index contributed by atoms with van der Waals surface area (Å²) in [6, 6.07) is 3.92. The van der Waals surface area contributed by atoms with Gasteiger partial charge in [-0.2, -0.15) is 4.31 Å². The van der Waals surface area contributed by atoms with E-state index in [1.54, 1.807) is 0 Å². The van der Waals surface area contributed by atoms with E-state index in [0.717, 1.165) is 42.4 Å². The van der Waals surface area contributed by atoms with Crippen LogP contribution in [-0.4, -0.2) is 50.3 Å². The molecule has 178 valence electrons. The smallest absolute Gasteiger partial charge is 0.309 e. The zero-order chi connectivity index (χ0) is 23.5. The number of piperidine rings is 1. The molecule has 1 aliphatic carbocycles. The summed E-state index contributed by atoms with van der Waals surface area (Å²) in [6.45, 7) is 8.06. The highest BCUT2D eigenvalue weighted by molar-refractivity contribution is 7.89. The van der Waals surface area contributed by atoms with Gasteiger partial charge in [-0.05, 0) is 76.3 Å². The third kappa shape index (κ3) is 5.90. The first-order valence-corrected chi connectivity index (χ1v) is 13.1. The van der Waals surface area contributed by atoms with E-state index < -0.39 is 16.0 Å². The quantitative estimate of drug-likeness (QED) is 0.653. The Balaban J connectivity index is 1.49. The van der Waals surface area contributed by atoms with Crippen molar-refractivity contribution in [2.45, 2.75) is 77.2 Å². The van der Waals surface area contributed by atoms with Crippen molar-refractivity contribution >= 4 is 21.9 Å². The third-order valence-electron chi connectivity index (χ3n) is 6.72. The van der Waals surface area contributed by atoms with Gasteiger partial charge in [-0.3, -0.25) is 9.59 Å². The van der Waals surface area contributed by atoms with Crippen molar-refractivity contribution in [2.75, 3.05) is 19.7 Å². The molecule has 1 aliphatic heterocycles. The minimum Gasteiger partial charge on any atom is -0.455 e. The highest BCUT2D eigenvalue weighted by atomic mass is 32.2. The fraction of sp³-hybridized carbons (Fsp3) is 0.667. The van der Waals surface area contributed by atoms with Crippen LogP contribution in [0, 0.1) is 32.6 Å². The minimum absolute atomic E-state index is 0.166. The van der Waals surface area contributed by atoms with E-state index in [1.165, 1.54) is 4.31 Å². The molecule has 2 fully saturated rings. The topological polar surface area (TPSA) is 92.8 Å². The minimum atomic E-state index is -3.62. The van der Waals surface area contributed by atoms with Crippen LogP contribution in [-0.2, 0) is 24.3 Å². The molecule has 3 rings (SSSR count). The van der Waals surface area contributed by atoms with Gasteiger partial charge in [-0.25, -0.2) is 8.42 Å². The van der Waals surface area contributed by atoms with Crippen LogP contribution in [0.3, 0.4) is 0 Å². The number of amides is 1. The van der Waals surface area contributed by atoms with Gasteiger partial charge in [0.05, 0.1) is 10.8 Å². The number of rotatable bonds is 6. The molecule has 0 bridgehead atoms. The number of hydrogen-bond acceptors (Lipinski definition) is 5. The Kier molecular flexibility index (Phi) is 7.98. The first-order chi connectivity index (χ1) is 15.1. The van der Waals surface area contributed by atoms with Crippen LogP contribution in [0.2, 0.25) is 0 Å². The lowest BCUT2D eigenvalue weighted by Crippen LogP contribution is -2.42. The Morgan fingerprint density at radius 3 is 2.12 bits per heavy atom. The van der Waals surface area contributed by atoms with Crippen LogP contribution in [0.5, 0.6) is 0 Å². The van der Waals surface area contributed by atoms with Gasteiger partial charge in [-0.1, -0.05) is 24.6 Å². The van der Waals surface area contributed by atoms with Gasteiger partial charge in [0.15, 0.2) is 6.61 Å². The largest absolute Gasteiger partial charge is 0.455 e. The highest BCUT2D eigenvalue weighted by Gasteiger charge is 2.34. The van der Waals surface area contributed by atoms with Crippen molar-refractivity contribution in [3.8, 4) is 0 Å². The van der Waals surface area contributed by atoms with Crippen LogP contribution in [0.1, 0.15) is 62.1 Å². The molecule has 0 unspecified atom stereocenters. The summed E-state index contributed by atoms with van der Waals surface area (Å²) in [7, 11) is -3.62. The van der Waals surface area contributed by atoms with E-state index in [-0.39, 0.29) is 37.6 Å². The monoisotopic (exact) mass is 464 g/mol. The molecule has 1 amide bonds. The fourth-order valence-electron chi connectivity index (χ4n) is 4.96. The molecule has 0 radical (unpaired) electrons.